The summed E-state index contributed by atoms with van der Waals surface area (Å²) in [5.41, 5.74) is 5.69. The average Bonchev–Trinajstić information content (AvgIpc) is 2.95. The quantitative estimate of drug-likeness (QED) is 0.842. The predicted octanol–water partition coefficient (Wildman–Crippen LogP) is 0.595. The van der Waals surface area contributed by atoms with E-state index in [-0.39, 0.29) is 18.2 Å². The monoisotopic (exact) mass is 279 g/mol. The molecule has 2 rings (SSSR count). The normalized spacial score (nSPS) is 23.5. The minimum absolute atomic E-state index is 0.143. The Hall–Kier alpha value is -1.66. The highest BCUT2D eigenvalue weighted by Crippen LogP contribution is 2.20. The Labute approximate surface area is 118 Å². The van der Waals surface area contributed by atoms with E-state index in [4.69, 9.17) is 10.2 Å². The zero-order valence-corrected chi connectivity index (χ0v) is 11.7. The average molecular weight is 279 g/mol. The van der Waals surface area contributed by atoms with Gasteiger partial charge in [0.05, 0.1) is 12.8 Å². The lowest BCUT2D eigenvalue weighted by molar-refractivity contribution is -0.122. The van der Waals surface area contributed by atoms with Gasteiger partial charge in [-0.25, -0.2) is 0 Å². The van der Waals surface area contributed by atoms with E-state index in [1.54, 1.807) is 6.07 Å². The minimum Gasteiger partial charge on any atom is -0.459 e. The summed E-state index contributed by atoms with van der Waals surface area (Å²) in [4.78, 5) is 25.7. The summed E-state index contributed by atoms with van der Waals surface area (Å²) in [5, 5.41) is 2.34. The smallest absolute Gasteiger partial charge is 0.293 e. The molecule has 0 spiro atoms. The van der Waals surface area contributed by atoms with E-state index >= 15 is 0 Å². The van der Waals surface area contributed by atoms with Crippen LogP contribution < -0.4 is 11.1 Å². The number of piperidine rings is 1. The van der Waals surface area contributed by atoms with Gasteiger partial charge in [0, 0.05) is 12.6 Å². The molecule has 20 heavy (non-hydrogen) atoms. The summed E-state index contributed by atoms with van der Waals surface area (Å²) >= 11 is 0. The summed E-state index contributed by atoms with van der Waals surface area (Å²) < 4.78 is 4.95. The molecule has 1 saturated heterocycles. The molecular weight excluding hydrogens is 258 g/mol. The Morgan fingerprint density at radius 1 is 1.50 bits per heavy atom. The summed E-state index contributed by atoms with van der Waals surface area (Å²) in [7, 11) is 0. The van der Waals surface area contributed by atoms with Gasteiger partial charge < -0.3 is 10.2 Å². The number of amides is 2. The van der Waals surface area contributed by atoms with Crippen molar-refractivity contribution in [3.05, 3.63) is 24.2 Å². The molecule has 0 radical (unpaired) electrons. The number of nitrogens with zero attached hydrogens (tertiary/aromatic N) is 1. The number of hydrogen-bond acceptors (Lipinski definition) is 5. The predicted molar refractivity (Wildman–Crippen MR) is 74.0 cm³/mol. The van der Waals surface area contributed by atoms with Gasteiger partial charge in [-0.1, -0.05) is 0 Å². The molecule has 110 valence electrons. The number of nitrogens with two attached hydrogens (primary N) is 1. The highest BCUT2D eigenvalue weighted by molar-refractivity contribution is 6.03. The fourth-order valence-electron chi connectivity index (χ4n) is 2.50. The Balaban J connectivity index is 1.85. The van der Waals surface area contributed by atoms with Crippen LogP contribution in [0.3, 0.4) is 0 Å². The first-order valence-corrected chi connectivity index (χ1v) is 6.92. The standard InChI is InChI=1S/C14H21N3O3/c1-10-4-5-11(7-15)8-17(10)9-13(18)16-14(19)12-3-2-6-20-12/h2-3,6,10-11H,4-5,7-9,15H2,1H3,(H,16,18,19). The maximum atomic E-state index is 11.9. The Kier molecular flexibility index (Phi) is 4.92. The van der Waals surface area contributed by atoms with Crippen LogP contribution in [0.15, 0.2) is 22.8 Å². The number of carbonyl (C=O) groups excluding carboxylic acids is 2. The van der Waals surface area contributed by atoms with Gasteiger partial charge in [-0.15, -0.1) is 0 Å². The lowest BCUT2D eigenvalue weighted by atomic mass is 9.93. The molecule has 1 fully saturated rings. The highest BCUT2D eigenvalue weighted by atomic mass is 16.3. The van der Waals surface area contributed by atoms with E-state index in [0.717, 1.165) is 19.4 Å². The number of imide groups is 1. The summed E-state index contributed by atoms with van der Waals surface area (Å²) in [6, 6.07) is 3.47. The third-order valence-corrected chi connectivity index (χ3v) is 3.79. The Morgan fingerprint density at radius 2 is 2.30 bits per heavy atom. The van der Waals surface area contributed by atoms with Crippen LogP contribution in [0.2, 0.25) is 0 Å². The molecule has 0 aromatic carbocycles. The van der Waals surface area contributed by atoms with Crippen LogP contribution in [0, 0.1) is 5.92 Å². The van der Waals surface area contributed by atoms with Gasteiger partial charge in [-0.2, -0.15) is 0 Å². The molecule has 1 aromatic rings. The minimum atomic E-state index is -0.500. The molecule has 6 heteroatoms. The molecule has 6 nitrogen and oxygen atoms in total. The van der Waals surface area contributed by atoms with Gasteiger partial charge in [0.15, 0.2) is 5.76 Å². The second-order valence-electron chi connectivity index (χ2n) is 5.31. The third-order valence-electron chi connectivity index (χ3n) is 3.79. The van der Waals surface area contributed by atoms with Crippen LogP contribution >= 0.6 is 0 Å². The van der Waals surface area contributed by atoms with Crippen LogP contribution in [0.25, 0.3) is 0 Å². The van der Waals surface area contributed by atoms with Gasteiger partial charge in [0.2, 0.25) is 5.91 Å². The summed E-state index contributed by atoms with van der Waals surface area (Å²) in [6.45, 7) is 3.74. The van der Waals surface area contributed by atoms with Crippen LogP contribution in [0.4, 0.5) is 0 Å². The first-order valence-electron chi connectivity index (χ1n) is 6.92. The first-order chi connectivity index (χ1) is 9.60. The van der Waals surface area contributed by atoms with Crippen molar-refractivity contribution in [1.29, 1.82) is 0 Å². The number of likely N-dealkylation sites (tertiary alicyclic amines) is 1. The van der Waals surface area contributed by atoms with Crippen molar-refractivity contribution in [1.82, 2.24) is 10.2 Å². The molecule has 1 aliphatic heterocycles. The fourth-order valence-corrected chi connectivity index (χ4v) is 2.50. The van der Waals surface area contributed by atoms with Crippen molar-refractivity contribution in [2.75, 3.05) is 19.6 Å². The molecule has 1 aliphatic rings. The first kappa shape index (κ1) is 14.7. The highest BCUT2D eigenvalue weighted by Gasteiger charge is 2.26. The second kappa shape index (κ2) is 6.67. The van der Waals surface area contributed by atoms with Crippen molar-refractivity contribution in [3.8, 4) is 0 Å². The lowest BCUT2D eigenvalue weighted by Crippen LogP contribution is -2.49. The van der Waals surface area contributed by atoms with Crippen LogP contribution in [0.5, 0.6) is 0 Å². The number of carbonyl (C=O) groups is 2. The van der Waals surface area contributed by atoms with Crippen molar-refractivity contribution in [2.24, 2.45) is 11.7 Å². The zero-order valence-electron chi connectivity index (χ0n) is 11.7. The Bertz CT molecular complexity index is 458. The van der Waals surface area contributed by atoms with E-state index < -0.39 is 5.91 Å². The number of hydrogen-bond donors (Lipinski definition) is 2. The molecule has 0 bridgehead atoms. The largest absolute Gasteiger partial charge is 0.459 e. The number of furan rings is 1. The van der Waals surface area contributed by atoms with Crippen molar-refractivity contribution in [3.63, 3.8) is 0 Å². The van der Waals surface area contributed by atoms with Gasteiger partial charge in [0.25, 0.3) is 5.91 Å². The molecule has 1 aromatic heterocycles. The van der Waals surface area contributed by atoms with Crippen LogP contribution in [-0.4, -0.2) is 42.4 Å². The SMILES string of the molecule is CC1CCC(CN)CN1CC(=O)NC(=O)c1ccco1. The molecule has 2 heterocycles. The summed E-state index contributed by atoms with van der Waals surface area (Å²) in [5.74, 6) is -0.236. The summed E-state index contributed by atoms with van der Waals surface area (Å²) in [6.07, 6.45) is 3.53. The van der Waals surface area contributed by atoms with Crippen LogP contribution in [0.1, 0.15) is 30.3 Å². The van der Waals surface area contributed by atoms with E-state index in [2.05, 4.69) is 17.1 Å². The number of rotatable bonds is 4. The van der Waals surface area contributed by atoms with E-state index in [0.29, 0.717) is 18.5 Å². The van der Waals surface area contributed by atoms with Gasteiger partial charge in [-0.3, -0.25) is 19.8 Å². The zero-order chi connectivity index (χ0) is 14.5. The second-order valence-corrected chi connectivity index (χ2v) is 5.31. The molecule has 0 aliphatic carbocycles. The number of nitrogens with one attached hydrogen (secondary N) is 1. The molecule has 2 atom stereocenters. The lowest BCUT2D eigenvalue weighted by Gasteiger charge is -2.37. The molecule has 0 saturated carbocycles. The topological polar surface area (TPSA) is 88.6 Å². The third kappa shape index (κ3) is 3.68. The van der Waals surface area contributed by atoms with E-state index in [1.165, 1.54) is 12.3 Å². The molecule has 3 N–H and O–H groups in total. The van der Waals surface area contributed by atoms with Crippen LogP contribution in [-0.2, 0) is 4.79 Å². The van der Waals surface area contributed by atoms with Crippen molar-refractivity contribution in [2.45, 2.75) is 25.8 Å². The van der Waals surface area contributed by atoms with Gasteiger partial charge in [-0.05, 0) is 44.4 Å². The molecule has 2 amide bonds. The molecular formula is C14H21N3O3. The maximum absolute atomic E-state index is 11.9. The van der Waals surface area contributed by atoms with E-state index in [1.807, 2.05) is 0 Å². The van der Waals surface area contributed by atoms with E-state index in [9.17, 15) is 9.59 Å². The van der Waals surface area contributed by atoms with Gasteiger partial charge >= 0.3 is 0 Å². The van der Waals surface area contributed by atoms with Crippen molar-refractivity contribution < 1.29 is 14.0 Å². The van der Waals surface area contributed by atoms with Gasteiger partial charge in [0.1, 0.15) is 0 Å². The molecule has 2 unspecified atom stereocenters. The maximum Gasteiger partial charge on any atom is 0.293 e. The Morgan fingerprint density at radius 3 is 2.95 bits per heavy atom. The fraction of sp³-hybridized carbons (Fsp3) is 0.571. The van der Waals surface area contributed by atoms with Crippen molar-refractivity contribution >= 4 is 11.8 Å².